The van der Waals surface area contributed by atoms with Gasteiger partial charge in [-0.2, -0.15) is 0 Å². The van der Waals surface area contributed by atoms with E-state index >= 15 is 0 Å². The molecule has 0 bridgehead atoms. The summed E-state index contributed by atoms with van der Waals surface area (Å²) in [5.41, 5.74) is 6.79. The monoisotopic (exact) mass is 321 g/mol. The van der Waals surface area contributed by atoms with E-state index in [2.05, 4.69) is 18.8 Å². The topological polar surface area (TPSA) is 59.2 Å². The number of hydrogen-bond acceptors (Lipinski definition) is 3. The van der Waals surface area contributed by atoms with Crippen LogP contribution in [0, 0.1) is 5.41 Å². The summed E-state index contributed by atoms with van der Waals surface area (Å²) in [5, 5.41) is 0. The van der Waals surface area contributed by atoms with E-state index in [9.17, 15) is 4.79 Å². The number of nitrogens with zero attached hydrogens (tertiary/aromatic N) is 2. The van der Waals surface area contributed by atoms with Gasteiger partial charge in [0.2, 0.25) is 5.91 Å². The molecule has 0 radical (unpaired) electrons. The molecule has 1 heterocycles. The fraction of sp³-hybridized carbons (Fsp3) is 0.571. The lowest BCUT2D eigenvalue weighted by molar-refractivity contribution is -0.131. The van der Waals surface area contributed by atoms with Crippen LogP contribution in [0.3, 0.4) is 0 Å². The number of carbonyl (C=O) groups excluding carboxylic acids is 1. The fourth-order valence-electron chi connectivity index (χ4n) is 1.79. The minimum Gasteiger partial charge on any atom is -0.345 e. The van der Waals surface area contributed by atoms with Crippen molar-refractivity contribution in [1.82, 2.24) is 9.88 Å². The Kier molecular flexibility index (Phi) is 10.7. The molecule has 0 saturated heterocycles. The van der Waals surface area contributed by atoms with Crippen LogP contribution in [-0.4, -0.2) is 35.9 Å². The lowest BCUT2D eigenvalue weighted by atomic mass is 9.93. The van der Waals surface area contributed by atoms with Gasteiger partial charge in [-0.15, -0.1) is 24.8 Å². The summed E-state index contributed by atoms with van der Waals surface area (Å²) in [6, 6.07) is 3.88. The highest BCUT2D eigenvalue weighted by Crippen LogP contribution is 2.14. The summed E-state index contributed by atoms with van der Waals surface area (Å²) < 4.78 is 0. The molecule has 0 aliphatic carbocycles. The van der Waals surface area contributed by atoms with Gasteiger partial charge in [-0.3, -0.25) is 9.78 Å². The van der Waals surface area contributed by atoms with E-state index in [1.54, 1.807) is 17.3 Å². The molecule has 116 valence electrons. The summed E-state index contributed by atoms with van der Waals surface area (Å²) >= 11 is 0. The van der Waals surface area contributed by atoms with Crippen LogP contribution >= 0.6 is 24.8 Å². The lowest BCUT2D eigenvalue weighted by Crippen LogP contribution is -2.39. The van der Waals surface area contributed by atoms with E-state index < -0.39 is 0 Å². The fourth-order valence-corrected chi connectivity index (χ4v) is 1.79. The van der Waals surface area contributed by atoms with Crippen LogP contribution in [0.4, 0.5) is 0 Å². The number of aryl methyl sites for hydroxylation is 1. The van der Waals surface area contributed by atoms with Crippen molar-refractivity contribution in [2.45, 2.75) is 26.7 Å². The van der Waals surface area contributed by atoms with E-state index in [-0.39, 0.29) is 36.1 Å². The van der Waals surface area contributed by atoms with E-state index in [0.29, 0.717) is 19.5 Å². The Bertz CT molecular complexity index is 385. The van der Waals surface area contributed by atoms with Crippen LogP contribution in [0.5, 0.6) is 0 Å². The number of carbonyl (C=O) groups is 1. The Morgan fingerprint density at radius 1 is 1.30 bits per heavy atom. The minimum absolute atomic E-state index is 0. The number of nitrogens with two attached hydrogens (primary N) is 1. The third kappa shape index (κ3) is 7.68. The van der Waals surface area contributed by atoms with Crippen LogP contribution in [0.25, 0.3) is 0 Å². The van der Waals surface area contributed by atoms with Crippen LogP contribution in [0.15, 0.2) is 24.5 Å². The number of halogens is 2. The summed E-state index contributed by atoms with van der Waals surface area (Å²) in [4.78, 5) is 17.7. The molecule has 0 spiro atoms. The van der Waals surface area contributed by atoms with Crippen molar-refractivity contribution in [3.05, 3.63) is 30.1 Å². The number of hydrogen-bond donors (Lipinski definition) is 1. The predicted octanol–water partition coefficient (Wildman–Crippen LogP) is 2.30. The highest BCUT2D eigenvalue weighted by atomic mass is 35.5. The Hall–Kier alpha value is -0.840. The summed E-state index contributed by atoms with van der Waals surface area (Å²) in [6.07, 6.45) is 4.79. The average Bonchev–Trinajstić information content (AvgIpc) is 2.36. The summed E-state index contributed by atoms with van der Waals surface area (Å²) in [7, 11) is 1.84. The van der Waals surface area contributed by atoms with E-state index in [0.717, 1.165) is 12.0 Å². The first-order valence-corrected chi connectivity index (χ1v) is 6.27. The highest BCUT2D eigenvalue weighted by molar-refractivity contribution is 5.85. The van der Waals surface area contributed by atoms with E-state index in [1.807, 2.05) is 19.2 Å². The Morgan fingerprint density at radius 3 is 2.35 bits per heavy atom. The quantitative estimate of drug-likeness (QED) is 0.874. The lowest BCUT2D eigenvalue weighted by Gasteiger charge is -2.29. The zero-order valence-electron chi connectivity index (χ0n) is 12.3. The third-order valence-corrected chi connectivity index (χ3v) is 3.02. The van der Waals surface area contributed by atoms with Crippen LogP contribution in [-0.2, 0) is 11.2 Å². The molecule has 4 nitrogen and oxygen atoms in total. The Balaban J connectivity index is 0. The van der Waals surface area contributed by atoms with Gasteiger partial charge in [0.05, 0.1) is 0 Å². The number of rotatable bonds is 6. The van der Waals surface area contributed by atoms with Crippen molar-refractivity contribution in [3.63, 3.8) is 0 Å². The average molecular weight is 322 g/mol. The second kappa shape index (κ2) is 9.97. The molecular formula is C14H25Cl2N3O. The Labute approximate surface area is 134 Å². The molecule has 0 fully saturated rings. The molecule has 0 aliphatic heterocycles. The normalized spacial score (nSPS) is 10.2. The molecule has 6 heteroatoms. The maximum absolute atomic E-state index is 12.0. The molecule has 1 rings (SSSR count). The van der Waals surface area contributed by atoms with E-state index in [1.165, 1.54) is 0 Å². The standard InChI is InChI=1S/C14H23N3O.2ClH/c1-14(2,10-15)11-17(3)13(18)5-4-12-6-8-16-9-7-12;;/h6-9H,4-5,10-11,15H2,1-3H3;2*1H. The number of aromatic nitrogens is 1. The van der Waals surface area contributed by atoms with Gasteiger partial charge in [-0.1, -0.05) is 13.8 Å². The number of pyridine rings is 1. The van der Waals surface area contributed by atoms with Gasteiger partial charge in [0.25, 0.3) is 0 Å². The van der Waals surface area contributed by atoms with Gasteiger partial charge in [0.1, 0.15) is 0 Å². The molecule has 1 aromatic heterocycles. The van der Waals surface area contributed by atoms with E-state index in [4.69, 9.17) is 5.73 Å². The smallest absolute Gasteiger partial charge is 0.222 e. The highest BCUT2D eigenvalue weighted by Gasteiger charge is 2.20. The maximum atomic E-state index is 12.0. The Morgan fingerprint density at radius 2 is 1.85 bits per heavy atom. The molecule has 0 atom stereocenters. The molecule has 1 amide bonds. The molecular weight excluding hydrogens is 297 g/mol. The summed E-state index contributed by atoms with van der Waals surface area (Å²) in [5.74, 6) is 0.160. The second-order valence-electron chi connectivity index (χ2n) is 5.47. The van der Waals surface area contributed by atoms with Gasteiger partial charge in [-0.05, 0) is 36.1 Å². The molecule has 0 aliphatic rings. The van der Waals surface area contributed by atoms with Gasteiger partial charge >= 0.3 is 0 Å². The van der Waals surface area contributed by atoms with Crippen molar-refractivity contribution >= 4 is 30.7 Å². The molecule has 0 aromatic carbocycles. The van der Waals surface area contributed by atoms with Crippen molar-refractivity contribution in [3.8, 4) is 0 Å². The van der Waals surface area contributed by atoms with Crippen molar-refractivity contribution in [2.75, 3.05) is 20.1 Å². The molecule has 2 N–H and O–H groups in total. The first kappa shape index (κ1) is 21.5. The SMILES string of the molecule is CN(CC(C)(C)CN)C(=O)CCc1ccncc1.Cl.Cl. The predicted molar refractivity (Wildman–Crippen MR) is 87.5 cm³/mol. The second-order valence-corrected chi connectivity index (χ2v) is 5.47. The largest absolute Gasteiger partial charge is 0.345 e. The minimum atomic E-state index is -0.0267. The molecule has 1 aromatic rings. The van der Waals surface area contributed by atoms with Crippen LogP contribution in [0.1, 0.15) is 25.8 Å². The number of amides is 1. The maximum Gasteiger partial charge on any atom is 0.222 e. The van der Waals surface area contributed by atoms with Crippen molar-refractivity contribution < 1.29 is 4.79 Å². The first-order valence-electron chi connectivity index (χ1n) is 6.27. The molecule has 0 unspecified atom stereocenters. The summed E-state index contributed by atoms with van der Waals surface area (Å²) in [6.45, 7) is 5.41. The molecule has 20 heavy (non-hydrogen) atoms. The van der Waals surface area contributed by atoms with Gasteiger partial charge in [-0.25, -0.2) is 0 Å². The van der Waals surface area contributed by atoms with Gasteiger partial charge in [0, 0.05) is 32.4 Å². The third-order valence-electron chi connectivity index (χ3n) is 3.02. The zero-order chi connectivity index (χ0) is 13.6. The van der Waals surface area contributed by atoms with Gasteiger partial charge < -0.3 is 10.6 Å². The van der Waals surface area contributed by atoms with Gasteiger partial charge in [0.15, 0.2) is 0 Å². The first-order chi connectivity index (χ1) is 8.44. The molecule has 0 saturated carbocycles. The zero-order valence-corrected chi connectivity index (χ0v) is 14.0. The van der Waals surface area contributed by atoms with Crippen LogP contribution < -0.4 is 5.73 Å². The van der Waals surface area contributed by atoms with Crippen LogP contribution in [0.2, 0.25) is 0 Å². The van der Waals surface area contributed by atoms with Crippen molar-refractivity contribution in [2.24, 2.45) is 11.1 Å². The van der Waals surface area contributed by atoms with Crippen molar-refractivity contribution in [1.29, 1.82) is 0 Å².